The second-order valence-corrected chi connectivity index (χ2v) is 11.2. The van der Waals surface area contributed by atoms with Crippen molar-refractivity contribution in [2.75, 3.05) is 33.9 Å². The number of halogens is 1. The summed E-state index contributed by atoms with van der Waals surface area (Å²) in [5.41, 5.74) is 1.21. The van der Waals surface area contributed by atoms with Crippen LogP contribution in [0.15, 0.2) is 72.4 Å². The summed E-state index contributed by atoms with van der Waals surface area (Å²) in [6, 6.07) is 12.6. The average molecular weight is 576 g/mol. The summed E-state index contributed by atoms with van der Waals surface area (Å²) in [5, 5.41) is 4.14. The van der Waals surface area contributed by atoms with Gasteiger partial charge < -0.3 is 14.8 Å². The zero-order valence-corrected chi connectivity index (χ0v) is 27.1. The number of nitrogens with zero attached hydrogens (tertiary/aromatic N) is 4. The fraction of sp³-hybridized carbons (Fsp3) is 0.562. The van der Waals surface area contributed by atoms with Gasteiger partial charge in [-0.2, -0.15) is 0 Å². The van der Waals surface area contributed by atoms with Crippen LogP contribution in [0, 0.1) is 6.92 Å². The normalized spacial score (nSPS) is 12.7. The topological polar surface area (TPSA) is 46.0 Å². The predicted octanol–water partition coefficient (Wildman–Crippen LogP) is 8.54. The molecule has 1 fully saturated rings. The number of thioether (sulfide) groups is 1. The zero-order chi connectivity index (χ0) is 29.1. The van der Waals surface area contributed by atoms with Gasteiger partial charge in [-0.15, -0.1) is 11.8 Å². The highest BCUT2D eigenvalue weighted by atomic mass is 35.5. The number of unbranched alkanes of at least 4 members (excludes halogenated alkanes) is 2. The molecule has 1 aliphatic carbocycles. The minimum Gasteiger partial charge on any atom is -0.341 e. The number of hydrogen-bond acceptors (Lipinski definition) is 5. The fourth-order valence-corrected chi connectivity index (χ4v) is 4.12. The van der Waals surface area contributed by atoms with Gasteiger partial charge in [0, 0.05) is 47.8 Å². The summed E-state index contributed by atoms with van der Waals surface area (Å²) in [6.45, 7) is 5.50. The number of pyridine rings is 1. The van der Waals surface area contributed by atoms with Crippen LogP contribution in [0.4, 0.5) is 0 Å². The van der Waals surface area contributed by atoms with E-state index in [1.54, 1.807) is 30.5 Å². The molecule has 0 spiro atoms. The maximum atomic E-state index is 5.66. The van der Waals surface area contributed by atoms with Crippen molar-refractivity contribution >= 4 is 23.4 Å². The quantitative estimate of drug-likeness (QED) is 0.181. The van der Waals surface area contributed by atoms with Crippen molar-refractivity contribution in [2.24, 2.45) is 7.05 Å². The molecule has 39 heavy (non-hydrogen) atoms. The smallest absolute Gasteiger partial charge is 0.0943 e. The molecule has 3 aromatic rings. The van der Waals surface area contributed by atoms with Gasteiger partial charge in [-0.3, -0.25) is 4.98 Å². The van der Waals surface area contributed by atoms with E-state index in [0.717, 1.165) is 11.1 Å². The lowest BCUT2D eigenvalue weighted by atomic mass is 10.1. The van der Waals surface area contributed by atoms with Gasteiger partial charge in [0.15, 0.2) is 0 Å². The van der Waals surface area contributed by atoms with Crippen molar-refractivity contribution in [1.82, 2.24) is 24.8 Å². The molecule has 220 valence electrons. The van der Waals surface area contributed by atoms with Crippen LogP contribution in [-0.2, 0) is 7.05 Å². The van der Waals surface area contributed by atoms with E-state index in [9.17, 15) is 0 Å². The molecule has 0 bridgehead atoms. The first-order chi connectivity index (χ1) is 18.8. The van der Waals surface area contributed by atoms with Crippen molar-refractivity contribution in [3.63, 3.8) is 0 Å². The SMILES string of the molecule is CCCCCN(C)C.CNC1CCCCCC1.CSc1ccc(Cl)cc1.Cc1cccnc1.Cn1ccnc1. The first kappa shape index (κ1) is 37.1. The second-order valence-electron chi connectivity index (χ2n) is 9.90. The molecule has 1 saturated carbocycles. The Morgan fingerprint density at radius 1 is 1.00 bits per heavy atom. The summed E-state index contributed by atoms with van der Waals surface area (Å²) in [7, 11) is 8.26. The van der Waals surface area contributed by atoms with Crippen LogP contribution in [0.25, 0.3) is 0 Å². The van der Waals surface area contributed by atoms with E-state index in [2.05, 4.69) is 48.3 Å². The maximum absolute atomic E-state index is 5.66. The van der Waals surface area contributed by atoms with Crippen LogP contribution in [0.1, 0.15) is 70.3 Å². The van der Waals surface area contributed by atoms with Gasteiger partial charge in [0.1, 0.15) is 0 Å². The zero-order valence-electron chi connectivity index (χ0n) is 25.6. The molecule has 2 heterocycles. The van der Waals surface area contributed by atoms with E-state index in [1.807, 2.05) is 73.6 Å². The number of benzene rings is 1. The largest absolute Gasteiger partial charge is 0.341 e. The summed E-state index contributed by atoms with van der Waals surface area (Å²) in [4.78, 5) is 11.2. The minimum atomic E-state index is 0.799. The number of imidazole rings is 1. The number of aryl methyl sites for hydroxylation is 2. The summed E-state index contributed by atoms with van der Waals surface area (Å²) < 4.78 is 1.89. The van der Waals surface area contributed by atoms with Crippen LogP contribution in [0.3, 0.4) is 0 Å². The third kappa shape index (κ3) is 24.9. The van der Waals surface area contributed by atoms with Crippen LogP contribution >= 0.6 is 23.4 Å². The number of hydrogen-bond donors (Lipinski definition) is 1. The van der Waals surface area contributed by atoms with Crippen molar-refractivity contribution in [3.8, 4) is 0 Å². The molecule has 5 nitrogen and oxygen atoms in total. The third-order valence-corrected chi connectivity index (χ3v) is 6.96. The molecule has 0 atom stereocenters. The van der Waals surface area contributed by atoms with Crippen LogP contribution in [0.5, 0.6) is 0 Å². The van der Waals surface area contributed by atoms with E-state index in [0.29, 0.717) is 0 Å². The van der Waals surface area contributed by atoms with E-state index in [4.69, 9.17) is 11.6 Å². The molecule has 2 aromatic heterocycles. The summed E-state index contributed by atoms with van der Waals surface area (Å²) in [5.74, 6) is 0. The Morgan fingerprint density at radius 3 is 2.03 bits per heavy atom. The van der Waals surface area contributed by atoms with Gasteiger partial charge in [-0.05, 0) is 96.0 Å². The van der Waals surface area contributed by atoms with E-state index >= 15 is 0 Å². The highest BCUT2D eigenvalue weighted by molar-refractivity contribution is 7.98. The molecule has 0 unspecified atom stereocenters. The monoisotopic (exact) mass is 575 g/mol. The van der Waals surface area contributed by atoms with Gasteiger partial charge in [-0.1, -0.05) is 63.1 Å². The second kappa shape index (κ2) is 26.4. The molecule has 1 aliphatic rings. The molecule has 7 heteroatoms. The van der Waals surface area contributed by atoms with E-state index in [1.165, 1.54) is 74.8 Å². The average Bonchev–Trinajstić information content (AvgIpc) is 3.27. The van der Waals surface area contributed by atoms with Gasteiger partial charge >= 0.3 is 0 Å². The third-order valence-electron chi connectivity index (χ3n) is 5.97. The Kier molecular flexibility index (Phi) is 25.1. The first-order valence-electron chi connectivity index (χ1n) is 14.2. The van der Waals surface area contributed by atoms with Crippen LogP contribution < -0.4 is 5.32 Å². The fourth-order valence-electron chi connectivity index (χ4n) is 3.59. The van der Waals surface area contributed by atoms with Crippen LogP contribution in [0.2, 0.25) is 5.02 Å². The molecular formula is C32H54ClN5S. The van der Waals surface area contributed by atoms with Gasteiger partial charge in [0.2, 0.25) is 0 Å². The molecule has 1 aromatic carbocycles. The van der Waals surface area contributed by atoms with Crippen molar-refractivity contribution in [2.45, 2.75) is 82.6 Å². The Balaban J connectivity index is 0.000000466. The highest BCUT2D eigenvalue weighted by Crippen LogP contribution is 2.17. The summed E-state index contributed by atoms with van der Waals surface area (Å²) >= 11 is 7.38. The Labute approximate surface area is 249 Å². The standard InChI is InChI=1S/C8H17N.C7H7ClS.C7H17N.C6H7N.C4H6N2/c1-9-8-6-4-2-3-5-7-8;1-9-7-4-2-6(8)3-5-7;1-4-5-6-7-8(2)3;1-6-3-2-4-7-5-6;1-6-3-2-5-4-6/h8-9H,2-7H2,1H3;2-5H,1H3;4-7H2,1-3H3;2-5H,1H3;2-4H,1H3. The van der Waals surface area contributed by atoms with Gasteiger partial charge in [0.05, 0.1) is 6.33 Å². The Bertz CT molecular complexity index is 865. The maximum Gasteiger partial charge on any atom is 0.0943 e. The van der Waals surface area contributed by atoms with E-state index < -0.39 is 0 Å². The molecule has 1 N–H and O–H groups in total. The lowest BCUT2D eigenvalue weighted by molar-refractivity contribution is 0.393. The van der Waals surface area contributed by atoms with Gasteiger partial charge in [-0.25, -0.2) is 4.98 Å². The predicted molar refractivity (Wildman–Crippen MR) is 174 cm³/mol. The molecule has 0 amide bonds. The Morgan fingerprint density at radius 2 is 1.67 bits per heavy atom. The van der Waals surface area contributed by atoms with Crippen molar-refractivity contribution in [1.29, 1.82) is 0 Å². The summed E-state index contributed by atoms with van der Waals surface area (Å²) in [6.07, 6.45) is 23.7. The van der Waals surface area contributed by atoms with Crippen molar-refractivity contribution < 1.29 is 0 Å². The first-order valence-corrected chi connectivity index (χ1v) is 15.8. The van der Waals surface area contributed by atoms with Crippen molar-refractivity contribution in [3.05, 3.63) is 78.1 Å². The van der Waals surface area contributed by atoms with Gasteiger partial charge in [0.25, 0.3) is 0 Å². The highest BCUT2D eigenvalue weighted by Gasteiger charge is 2.08. The molecular weight excluding hydrogens is 522 g/mol. The number of aromatic nitrogens is 3. The Hall–Kier alpha value is -1.86. The molecule has 0 aliphatic heterocycles. The molecule has 4 rings (SSSR count). The lowest BCUT2D eigenvalue weighted by Crippen LogP contribution is -2.23. The molecule has 0 saturated heterocycles. The lowest BCUT2D eigenvalue weighted by Gasteiger charge is -2.10. The van der Waals surface area contributed by atoms with E-state index in [-0.39, 0.29) is 0 Å². The number of rotatable bonds is 6. The minimum absolute atomic E-state index is 0.799. The number of nitrogens with one attached hydrogen (secondary N) is 1. The van der Waals surface area contributed by atoms with Crippen LogP contribution in [-0.4, -0.2) is 59.4 Å². The molecule has 0 radical (unpaired) electrons.